The number of imidazole rings is 1. The Balaban J connectivity index is 1.31. The SMILES string of the molecule is O=C(Nc1cccc(C#Cc2cnc3cccnn23)c1)N1OCC[C@H]1c1nc(C(F)(F)F)cs1. The summed E-state index contributed by atoms with van der Waals surface area (Å²) in [5, 5.41) is 9.05. The van der Waals surface area contributed by atoms with Crippen LogP contribution in [0.3, 0.4) is 0 Å². The fourth-order valence-corrected chi connectivity index (χ4v) is 4.31. The Hall–Kier alpha value is -3.95. The summed E-state index contributed by atoms with van der Waals surface area (Å²) in [6, 6.07) is 9.15. The molecule has 172 valence electrons. The molecule has 8 nitrogen and oxygen atoms in total. The van der Waals surface area contributed by atoms with E-state index in [2.05, 4.69) is 32.2 Å². The van der Waals surface area contributed by atoms with Crippen LogP contribution < -0.4 is 5.32 Å². The zero-order valence-electron chi connectivity index (χ0n) is 17.3. The number of aromatic nitrogens is 4. The number of amides is 2. The largest absolute Gasteiger partial charge is 0.434 e. The van der Waals surface area contributed by atoms with Gasteiger partial charge in [-0.2, -0.15) is 23.3 Å². The van der Waals surface area contributed by atoms with Gasteiger partial charge in [-0.15, -0.1) is 11.3 Å². The fraction of sp³-hybridized carbons (Fsp3) is 0.182. The molecule has 4 aromatic rings. The molecule has 12 heteroatoms. The molecule has 1 N–H and O–H groups in total. The molecule has 5 rings (SSSR count). The molecular weight excluding hydrogens is 469 g/mol. The highest BCUT2D eigenvalue weighted by Crippen LogP contribution is 2.36. The van der Waals surface area contributed by atoms with Crippen LogP contribution in [-0.4, -0.2) is 37.3 Å². The Morgan fingerprint density at radius 3 is 2.94 bits per heavy atom. The van der Waals surface area contributed by atoms with Crippen molar-refractivity contribution in [1.82, 2.24) is 24.6 Å². The van der Waals surface area contributed by atoms with Crippen molar-refractivity contribution in [2.24, 2.45) is 0 Å². The maximum Gasteiger partial charge on any atom is 0.434 e. The molecule has 0 spiro atoms. The third-order valence-corrected chi connectivity index (χ3v) is 5.87. The molecule has 0 bridgehead atoms. The van der Waals surface area contributed by atoms with Gasteiger partial charge in [-0.1, -0.05) is 12.0 Å². The molecule has 1 atom stereocenters. The van der Waals surface area contributed by atoms with Gasteiger partial charge < -0.3 is 5.32 Å². The van der Waals surface area contributed by atoms with E-state index in [9.17, 15) is 18.0 Å². The summed E-state index contributed by atoms with van der Waals surface area (Å²) >= 11 is 0.846. The van der Waals surface area contributed by atoms with Crippen LogP contribution >= 0.6 is 11.3 Å². The molecule has 0 saturated carbocycles. The number of urea groups is 1. The summed E-state index contributed by atoms with van der Waals surface area (Å²) in [7, 11) is 0. The lowest BCUT2D eigenvalue weighted by atomic mass is 10.2. The number of carbonyl (C=O) groups is 1. The van der Waals surface area contributed by atoms with Crippen molar-refractivity contribution in [1.29, 1.82) is 0 Å². The lowest BCUT2D eigenvalue weighted by molar-refractivity contribution is -0.141. The summed E-state index contributed by atoms with van der Waals surface area (Å²) in [6.07, 6.45) is -0.937. The average molecular weight is 484 g/mol. The number of hydrogen-bond acceptors (Lipinski definition) is 6. The lowest BCUT2D eigenvalue weighted by Gasteiger charge is -2.21. The van der Waals surface area contributed by atoms with Crippen LogP contribution in [0, 0.1) is 11.8 Å². The minimum absolute atomic E-state index is 0.168. The van der Waals surface area contributed by atoms with Crippen molar-refractivity contribution in [2.75, 3.05) is 11.9 Å². The first-order valence-electron chi connectivity index (χ1n) is 10.0. The molecular formula is C22H15F3N6O2S. The van der Waals surface area contributed by atoms with Crippen LogP contribution in [0.4, 0.5) is 23.7 Å². The van der Waals surface area contributed by atoms with Gasteiger partial charge in [-0.25, -0.2) is 19.3 Å². The number of hydroxylamine groups is 2. The summed E-state index contributed by atoms with van der Waals surface area (Å²) in [4.78, 5) is 26.1. The average Bonchev–Trinajstić information content (AvgIpc) is 3.57. The monoisotopic (exact) mass is 484 g/mol. The number of halogens is 3. The predicted molar refractivity (Wildman–Crippen MR) is 117 cm³/mol. The van der Waals surface area contributed by atoms with Gasteiger partial charge in [0, 0.05) is 29.2 Å². The molecule has 0 aliphatic carbocycles. The number of anilines is 1. The maximum atomic E-state index is 12.9. The summed E-state index contributed by atoms with van der Waals surface area (Å²) in [6.45, 7) is 0.192. The zero-order valence-corrected chi connectivity index (χ0v) is 18.1. The number of rotatable bonds is 2. The van der Waals surface area contributed by atoms with Crippen molar-refractivity contribution >= 4 is 28.7 Å². The molecule has 1 fully saturated rings. The molecule has 0 radical (unpaired) electrons. The van der Waals surface area contributed by atoms with E-state index in [4.69, 9.17) is 4.84 Å². The van der Waals surface area contributed by atoms with Crippen LogP contribution in [0.15, 0.2) is 54.2 Å². The fourth-order valence-electron chi connectivity index (χ4n) is 3.37. The minimum Gasteiger partial charge on any atom is -0.306 e. The van der Waals surface area contributed by atoms with Gasteiger partial charge in [0.15, 0.2) is 11.3 Å². The number of nitrogens with zero attached hydrogens (tertiary/aromatic N) is 5. The van der Waals surface area contributed by atoms with Crippen LogP contribution in [0.25, 0.3) is 5.65 Å². The first-order chi connectivity index (χ1) is 16.4. The normalized spacial score (nSPS) is 15.9. The van der Waals surface area contributed by atoms with Crippen molar-refractivity contribution in [2.45, 2.75) is 18.6 Å². The number of carbonyl (C=O) groups excluding carboxylic acids is 1. The predicted octanol–water partition coefficient (Wildman–Crippen LogP) is 4.51. The number of alkyl halides is 3. The van der Waals surface area contributed by atoms with Crippen LogP contribution in [0.1, 0.15) is 34.4 Å². The Morgan fingerprint density at radius 2 is 2.12 bits per heavy atom. The molecule has 4 heterocycles. The standard InChI is InChI=1S/C22H15F3N6O2S/c23-22(24,25)18-13-34-20(29-18)17-8-10-33-31(17)21(32)28-15-4-1-3-14(11-15)6-7-16-12-26-19-5-2-9-27-30(16)19/h1-5,9,11-13,17H,8,10H2,(H,28,32)/t17-/m0/s1. The number of fused-ring (bicyclic) bond motifs is 1. The van der Waals surface area contributed by atoms with Gasteiger partial charge in [-0.3, -0.25) is 4.84 Å². The molecule has 1 aliphatic rings. The highest BCUT2D eigenvalue weighted by molar-refractivity contribution is 7.09. The lowest BCUT2D eigenvalue weighted by Crippen LogP contribution is -2.33. The Labute approximate surface area is 195 Å². The quantitative estimate of drug-likeness (QED) is 0.423. The summed E-state index contributed by atoms with van der Waals surface area (Å²) in [5.74, 6) is 6.02. The van der Waals surface area contributed by atoms with E-state index in [1.165, 1.54) is 0 Å². The van der Waals surface area contributed by atoms with E-state index in [0.29, 0.717) is 29.0 Å². The second-order valence-electron chi connectivity index (χ2n) is 7.23. The second-order valence-corrected chi connectivity index (χ2v) is 8.12. The molecule has 34 heavy (non-hydrogen) atoms. The number of hydrogen-bond donors (Lipinski definition) is 1. The molecule has 0 unspecified atom stereocenters. The van der Waals surface area contributed by atoms with Crippen LogP contribution in [0.2, 0.25) is 0 Å². The first-order valence-corrected chi connectivity index (χ1v) is 10.9. The molecule has 1 saturated heterocycles. The Bertz CT molecular complexity index is 1420. The smallest absolute Gasteiger partial charge is 0.306 e. The molecule has 3 aromatic heterocycles. The van der Waals surface area contributed by atoms with Crippen molar-refractivity contribution in [3.05, 3.63) is 76.1 Å². The van der Waals surface area contributed by atoms with E-state index in [1.54, 1.807) is 47.2 Å². The van der Waals surface area contributed by atoms with Gasteiger partial charge in [0.05, 0.1) is 12.8 Å². The number of benzene rings is 1. The number of nitrogens with one attached hydrogen (secondary N) is 1. The van der Waals surface area contributed by atoms with E-state index in [-0.39, 0.29) is 11.6 Å². The molecule has 1 aromatic carbocycles. The van der Waals surface area contributed by atoms with E-state index >= 15 is 0 Å². The van der Waals surface area contributed by atoms with Crippen LogP contribution in [-0.2, 0) is 11.0 Å². The van der Waals surface area contributed by atoms with Gasteiger partial charge in [-0.05, 0) is 36.3 Å². The van der Waals surface area contributed by atoms with E-state index in [1.807, 2.05) is 6.07 Å². The Morgan fingerprint density at radius 1 is 1.24 bits per heavy atom. The maximum absolute atomic E-state index is 12.9. The Kier molecular flexibility index (Phi) is 5.64. The van der Waals surface area contributed by atoms with Crippen molar-refractivity contribution < 1.29 is 22.8 Å². The number of thiazole rings is 1. The van der Waals surface area contributed by atoms with Gasteiger partial charge in [0.2, 0.25) is 0 Å². The topological polar surface area (TPSA) is 84.7 Å². The van der Waals surface area contributed by atoms with E-state index in [0.717, 1.165) is 21.8 Å². The third-order valence-electron chi connectivity index (χ3n) is 4.93. The second kappa shape index (κ2) is 8.77. The molecule has 2 amide bonds. The third kappa shape index (κ3) is 4.43. The molecule has 1 aliphatic heterocycles. The summed E-state index contributed by atoms with van der Waals surface area (Å²) < 4.78 is 40.3. The van der Waals surface area contributed by atoms with Gasteiger partial charge in [0.1, 0.15) is 16.7 Å². The van der Waals surface area contributed by atoms with Crippen molar-refractivity contribution in [3.63, 3.8) is 0 Å². The zero-order chi connectivity index (χ0) is 23.7. The summed E-state index contributed by atoms with van der Waals surface area (Å²) in [5.41, 5.74) is 1.40. The van der Waals surface area contributed by atoms with Crippen LogP contribution in [0.5, 0.6) is 0 Å². The van der Waals surface area contributed by atoms with Gasteiger partial charge in [0.25, 0.3) is 0 Å². The van der Waals surface area contributed by atoms with Gasteiger partial charge >= 0.3 is 12.2 Å². The minimum atomic E-state index is -4.54. The first kappa shape index (κ1) is 21.9. The van der Waals surface area contributed by atoms with Crippen molar-refractivity contribution in [3.8, 4) is 11.8 Å². The van der Waals surface area contributed by atoms with E-state index < -0.39 is 23.9 Å². The highest BCUT2D eigenvalue weighted by atomic mass is 32.1. The highest BCUT2D eigenvalue weighted by Gasteiger charge is 2.38.